The first-order chi connectivity index (χ1) is 10.2. The van der Waals surface area contributed by atoms with Crippen LogP contribution in [0.4, 0.5) is 14.6 Å². The first-order valence-electron chi connectivity index (χ1n) is 6.79. The Balaban J connectivity index is 1.79. The van der Waals surface area contributed by atoms with Crippen molar-refractivity contribution >= 4 is 5.82 Å². The van der Waals surface area contributed by atoms with Crippen LogP contribution in [-0.2, 0) is 0 Å². The Morgan fingerprint density at radius 3 is 2.95 bits per heavy atom. The van der Waals surface area contributed by atoms with Crippen LogP contribution < -0.4 is 15.4 Å². The topological polar surface area (TPSA) is 62.0 Å². The molecule has 1 aromatic carbocycles. The van der Waals surface area contributed by atoms with Gasteiger partial charge in [0, 0.05) is 24.2 Å². The molecule has 0 bridgehead atoms. The van der Waals surface area contributed by atoms with Gasteiger partial charge < -0.3 is 15.4 Å². The smallest absolute Gasteiger partial charge is 0.387 e. The summed E-state index contributed by atoms with van der Waals surface area (Å²) in [6.07, 6.45) is 1.03. The average molecular weight is 294 g/mol. The van der Waals surface area contributed by atoms with E-state index in [-0.39, 0.29) is 5.75 Å². The molecule has 2 heterocycles. The van der Waals surface area contributed by atoms with E-state index in [1.807, 2.05) is 0 Å². The molecule has 1 aromatic heterocycles. The maximum atomic E-state index is 12.4. The van der Waals surface area contributed by atoms with Crippen molar-refractivity contribution in [1.29, 1.82) is 0 Å². The number of H-pyrrole nitrogens is 1. The maximum absolute atomic E-state index is 12.4. The van der Waals surface area contributed by atoms with Gasteiger partial charge in [0.05, 0.1) is 5.69 Å². The van der Waals surface area contributed by atoms with Gasteiger partial charge >= 0.3 is 6.61 Å². The second-order valence-electron chi connectivity index (χ2n) is 4.88. The maximum Gasteiger partial charge on any atom is 0.387 e. The van der Waals surface area contributed by atoms with E-state index in [1.54, 1.807) is 24.3 Å². The van der Waals surface area contributed by atoms with Crippen LogP contribution in [0.2, 0.25) is 0 Å². The monoisotopic (exact) mass is 294 g/mol. The molecule has 3 rings (SSSR count). The molecule has 1 unspecified atom stereocenters. The largest absolute Gasteiger partial charge is 0.434 e. The molecule has 1 fully saturated rings. The Labute approximate surface area is 120 Å². The van der Waals surface area contributed by atoms with Crippen LogP contribution in [-0.4, -0.2) is 35.9 Å². The number of para-hydroxylation sites is 1. The molecule has 3 N–H and O–H groups in total. The van der Waals surface area contributed by atoms with Crippen LogP contribution in [0.1, 0.15) is 6.42 Å². The lowest BCUT2D eigenvalue weighted by Crippen LogP contribution is -2.22. The highest BCUT2D eigenvalue weighted by molar-refractivity contribution is 5.69. The number of hydrogen-bond donors (Lipinski definition) is 3. The molecule has 21 heavy (non-hydrogen) atoms. The third-order valence-electron chi connectivity index (χ3n) is 3.38. The molecule has 0 aliphatic carbocycles. The SMILES string of the molecule is FC(F)Oc1ccccc1-c1cc(NC2CCNC2)n[nH]1. The summed E-state index contributed by atoms with van der Waals surface area (Å²) in [6, 6.07) is 8.78. The van der Waals surface area contributed by atoms with Crippen LogP contribution in [0.5, 0.6) is 5.75 Å². The first kappa shape index (κ1) is 13.8. The lowest BCUT2D eigenvalue weighted by molar-refractivity contribution is -0.0494. The van der Waals surface area contributed by atoms with Gasteiger partial charge in [0.2, 0.25) is 0 Å². The number of rotatable bonds is 5. The van der Waals surface area contributed by atoms with Crippen LogP contribution in [0.25, 0.3) is 11.3 Å². The quantitative estimate of drug-likeness (QED) is 0.792. The molecule has 0 spiro atoms. The number of anilines is 1. The molecule has 0 saturated carbocycles. The summed E-state index contributed by atoms with van der Waals surface area (Å²) in [6.45, 7) is -0.968. The molecule has 2 aromatic rings. The van der Waals surface area contributed by atoms with Gasteiger partial charge in [-0.05, 0) is 25.1 Å². The molecule has 0 radical (unpaired) electrons. The standard InChI is InChI=1S/C14H16F2N4O/c15-14(16)21-12-4-2-1-3-10(12)11-7-13(20-19-11)18-9-5-6-17-8-9/h1-4,7,9,14,17H,5-6,8H2,(H2,18,19,20). The van der Waals surface area contributed by atoms with Gasteiger partial charge in [0.1, 0.15) is 11.6 Å². The van der Waals surface area contributed by atoms with Crippen molar-refractivity contribution in [2.75, 3.05) is 18.4 Å². The number of aromatic amines is 1. The summed E-state index contributed by atoms with van der Waals surface area (Å²) in [5.74, 6) is 0.829. The second kappa shape index (κ2) is 6.09. The minimum atomic E-state index is -2.85. The molecular formula is C14H16F2N4O. The second-order valence-corrected chi connectivity index (χ2v) is 4.88. The average Bonchev–Trinajstić information content (AvgIpc) is 3.11. The van der Waals surface area contributed by atoms with Crippen molar-refractivity contribution in [3.05, 3.63) is 30.3 Å². The van der Waals surface area contributed by atoms with E-state index < -0.39 is 6.61 Å². The van der Waals surface area contributed by atoms with E-state index in [0.717, 1.165) is 19.5 Å². The fourth-order valence-electron chi connectivity index (χ4n) is 2.41. The summed E-state index contributed by atoms with van der Waals surface area (Å²) < 4.78 is 29.4. The highest BCUT2D eigenvalue weighted by Gasteiger charge is 2.16. The molecule has 0 amide bonds. The van der Waals surface area contributed by atoms with E-state index >= 15 is 0 Å². The van der Waals surface area contributed by atoms with Crippen molar-refractivity contribution in [2.24, 2.45) is 0 Å². The van der Waals surface area contributed by atoms with Gasteiger partial charge in [-0.15, -0.1) is 0 Å². The summed E-state index contributed by atoms with van der Waals surface area (Å²) in [5, 5.41) is 13.6. The predicted molar refractivity (Wildman–Crippen MR) is 75.6 cm³/mol. The fourth-order valence-corrected chi connectivity index (χ4v) is 2.41. The van der Waals surface area contributed by atoms with Crippen LogP contribution in [0.15, 0.2) is 30.3 Å². The van der Waals surface area contributed by atoms with Gasteiger partial charge in [-0.1, -0.05) is 12.1 Å². The molecular weight excluding hydrogens is 278 g/mol. The zero-order valence-electron chi connectivity index (χ0n) is 11.3. The van der Waals surface area contributed by atoms with Crippen LogP contribution >= 0.6 is 0 Å². The molecule has 1 saturated heterocycles. The Bertz CT molecular complexity index is 596. The minimum Gasteiger partial charge on any atom is -0.434 e. The van der Waals surface area contributed by atoms with Crippen molar-refractivity contribution in [3.63, 3.8) is 0 Å². The van der Waals surface area contributed by atoms with Crippen molar-refractivity contribution in [2.45, 2.75) is 19.1 Å². The lowest BCUT2D eigenvalue weighted by Gasteiger charge is -2.09. The number of ether oxygens (including phenoxy) is 1. The Kier molecular flexibility index (Phi) is 4.01. The normalized spacial score (nSPS) is 18.1. The third kappa shape index (κ3) is 3.30. The van der Waals surface area contributed by atoms with Crippen LogP contribution in [0.3, 0.4) is 0 Å². The van der Waals surface area contributed by atoms with E-state index in [2.05, 4.69) is 25.6 Å². The van der Waals surface area contributed by atoms with Gasteiger partial charge in [-0.2, -0.15) is 13.9 Å². The Hall–Kier alpha value is -2.15. The van der Waals surface area contributed by atoms with Gasteiger partial charge in [-0.25, -0.2) is 0 Å². The van der Waals surface area contributed by atoms with E-state index in [0.29, 0.717) is 23.1 Å². The zero-order valence-corrected chi connectivity index (χ0v) is 11.3. The summed E-state index contributed by atoms with van der Waals surface area (Å²) in [7, 11) is 0. The van der Waals surface area contributed by atoms with Crippen molar-refractivity contribution in [3.8, 4) is 17.0 Å². The highest BCUT2D eigenvalue weighted by Crippen LogP contribution is 2.30. The van der Waals surface area contributed by atoms with E-state index in [1.165, 1.54) is 6.07 Å². The van der Waals surface area contributed by atoms with Gasteiger partial charge in [-0.3, -0.25) is 5.10 Å². The number of alkyl halides is 2. The predicted octanol–water partition coefficient (Wildman–Crippen LogP) is 2.45. The molecule has 7 heteroatoms. The summed E-state index contributed by atoms with van der Waals surface area (Å²) >= 11 is 0. The molecule has 112 valence electrons. The lowest BCUT2D eigenvalue weighted by atomic mass is 10.1. The Morgan fingerprint density at radius 1 is 1.33 bits per heavy atom. The van der Waals surface area contributed by atoms with Crippen molar-refractivity contribution in [1.82, 2.24) is 15.5 Å². The summed E-state index contributed by atoms with van der Waals surface area (Å²) in [5.41, 5.74) is 1.20. The Morgan fingerprint density at radius 2 is 2.19 bits per heavy atom. The fraction of sp³-hybridized carbons (Fsp3) is 0.357. The number of benzene rings is 1. The van der Waals surface area contributed by atoms with E-state index in [9.17, 15) is 8.78 Å². The number of hydrogen-bond acceptors (Lipinski definition) is 4. The number of nitrogens with one attached hydrogen (secondary N) is 3. The van der Waals surface area contributed by atoms with Crippen molar-refractivity contribution < 1.29 is 13.5 Å². The number of aromatic nitrogens is 2. The molecule has 1 atom stereocenters. The molecule has 5 nitrogen and oxygen atoms in total. The zero-order chi connectivity index (χ0) is 14.7. The molecule has 1 aliphatic heterocycles. The van der Waals surface area contributed by atoms with Gasteiger partial charge in [0.15, 0.2) is 0 Å². The number of nitrogens with zero attached hydrogens (tertiary/aromatic N) is 1. The minimum absolute atomic E-state index is 0.130. The molecule has 1 aliphatic rings. The van der Waals surface area contributed by atoms with E-state index in [4.69, 9.17) is 0 Å². The first-order valence-corrected chi connectivity index (χ1v) is 6.79. The van der Waals surface area contributed by atoms with Gasteiger partial charge in [0.25, 0.3) is 0 Å². The highest BCUT2D eigenvalue weighted by atomic mass is 19.3. The third-order valence-corrected chi connectivity index (χ3v) is 3.38. The number of halogens is 2. The summed E-state index contributed by atoms with van der Waals surface area (Å²) in [4.78, 5) is 0. The van der Waals surface area contributed by atoms with Crippen LogP contribution in [0, 0.1) is 0 Å².